The molecule has 0 bridgehead atoms. The number of carbonyl (C=O) groups excluding carboxylic acids is 1. The first-order valence-corrected chi connectivity index (χ1v) is 9.13. The van der Waals surface area contributed by atoms with E-state index in [1.54, 1.807) is 0 Å². The van der Waals surface area contributed by atoms with Crippen molar-refractivity contribution >= 4 is 56.5 Å². The number of esters is 1. The van der Waals surface area contributed by atoms with Crippen molar-refractivity contribution in [3.63, 3.8) is 0 Å². The van der Waals surface area contributed by atoms with Crippen LogP contribution < -0.4 is 4.31 Å². The monoisotopic (exact) mass is 407 g/mol. The number of hydrogen-bond donors (Lipinski definition) is 0. The highest BCUT2D eigenvalue weighted by atomic mass is 35.5. The van der Waals surface area contributed by atoms with Crippen molar-refractivity contribution in [2.75, 3.05) is 18.0 Å². The lowest BCUT2D eigenvalue weighted by Gasteiger charge is -2.23. The SMILES string of the molecule is COC(=O)CN(c1ccc(Cl)c(Cl)c1)S(=O)(=O)c1ccc(Cl)cc1. The fourth-order valence-electron chi connectivity index (χ4n) is 1.87. The van der Waals surface area contributed by atoms with E-state index in [1.807, 2.05) is 0 Å². The molecule has 0 N–H and O–H groups in total. The van der Waals surface area contributed by atoms with Crippen LogP contribution in [0.4, 0.5) is 5.69 Å². The summed E-state index contributed by atoms with van der Waals surface area (Å²) in [5.41, 5.74) is 0.185. The lowest BCUT2D eigenvalue weighted by atomic mass is 10.3. The van der Waals surface area contributed by atoms with E-state index >= 15 is 0 Å². The maximum atomic E-state index is 12.9. The van der Waals surface area contributed by atoms with Gasteiger partial charge in [0.05, 0.1) is 27.7 Å². The Morgan fingerprint density at radius 2 is 1.67 bits per heavy atom. The van der Waals surface area contributed by atoms with Crippen molar-refractivity contribution in [3.05, 3.63) is 57.5 Å². The van der Waals surface area contributed by atoms with E-state index < -0.39 is 22.5 Å². The van der Waals surface area contributed by atoms with Crippen LogP contribution in [-0.2, 0) is 19.6 Å². The predicted octanol–water partition coefficient (Wildman–Crippen LogP) is 4.02. The molecule has 2 aromatic carbocycles. The van der Waals surface area contributed by atoms with E-state index in [0.717, 1.165) is 4.31 Å². The summed E-state index contributed by atoms with van der Waals surface area (Å²) in [5.74, 6) is -0.724. The van der Waals surface area contributed by atoms with Crippen molar-refractivity contribution in [1.82, 2.24) is 0 Å². The van der Waals surface area contributed by atoms with Crippen LogP contribution in [0.25, 0.3) is 0 Å². The summed E-state index contributed by atoms with van der Waals surface area (Å²) in [6.45, 7) is -0.514. The van der Waals surface area contributed by atoms with Crippen molar-refractivity contribution < 1.29 is 17.9 Å². The molecular weight excluding hydrogens is 397 g/mol. The van der Waals surface area contributed by atoms with Crippen molar-refractivity contribution in [2.45, 2.75) is 4.90 Å². The van der Waals surface area contributed by atoms with Crippen LogP contribution in [0.15, 0.2) is 47.4 Å². The predicted molar refractivity (Wildman–Crippen MR) is 94.5 cm³/mol. The second-order valence-electron chi connectivity index (χ2n) is 4.64. The Hall–Kier alpha value is -1.47. The van der Waals surface area contributed by atoms with Gasteiger partial charge in [-0.1, -0.05) is 34.8 Å². The Morgan fingerprint density at radius 1 is 1.04 bits per heavy atom. The fraction of sp³-hybridized carbons (Fsp3) is 0.133. The van der Waals surface area contributed by atoms with Crippen LogP contribution in [-0.4, -0.2) is 28.0 Å². The van der Waals surface area contributed by atoms with Gasteiger partial charge in [-0.2, -0.15) is 0 Å². The van der Waals surface area contributed by atoms with Gasteiger partial charge in [0.2, 0.25) is 0 Å². The van der Waals surface area contributed by atoms with E-state index in [0.29, 0.717) is 5.02 Å². The number of carbonyl (C=O) groups is 1. The normalized spacial score (nSPS) is 11.2. The molecule has 0 aromatic heterocycles. The van der Waals surface area contributed by atoms with Gasteiger partial charge < -0.3 is 4.74 Å². The van der Waals surface area contributed by atoms with Crippen LogP contribution >= 0.6 is 34.8 Å². The highest BCUT2D eigenvalue weighted by Crippen LogP contribution is 2.30. The Labute approximate surface area is 154 Å². The van der Waals surface area contributed by atoms with Gasteiger partial charge in [0, 0.05) is 5.02 Å². The van der Waals surface area contributed by atoms with Gasteiger partial charge in [0.15, 0.2) is 0 Å². The number of benzene rings is 2. The molecule has 0 amide bonds. The van der Waals surface area contributed by atoms with E-state index in [2.05, 4.69) is 4.74 Å². The molecule has 0 saturated heterocycles. The number of nitrogens with zero attached hydrogens (tertiary/aromatic N) is 1. The molecule has 0 aliphatic rings. The highest BCUT2D eigenvalue weighted by Gasteiger charge is 2.28. The minimum Gasteiger partial charge on any atom is -0.468 e. The van der Waals surface area contributed by atoms with Gasteiger partial charge in [-0.25, -0.2) is 8.42 Å². The molecule has 9 heteroatoms. The second kappa shape index (κ2) is 7.61. The van der Waals surface area contributed by atoms with Crippen LogP contribution in [0.3, 0.4) is 0 Å². The summed E-state index contributed by atoms with van der Waals surface area (Å²) < 4.78 is 31.3. The standard InChI is InChI=1S/C15H12Cl3NO4S/c1-23-15(20)9-19(11-4-7-13(17)14(18)8-11)24(21,22)12-5-2-10(16)3-6-12/h2-8H,9H2,1H3. The molecule has 0 heterocycles. The summed E-state index contributed by atoms with van der Waals surface area (Å²) >= 11 is 17.6. The van der Waals surface area contributed by atoms with Gasteiger partial charge in [-0.15, -0.1) is 0 Å². The minimum absolute atomic E-state index is 0.0260. The summed E-state index contributed by atoms with van der Waals surface area (Å²) in [6.07, 6.45) is 0. The largest absolute Gasteiger partial charge is 0.468 e. The molecule has 2 rings (SSSR count). The summed E-state index contributed by atoms with van der Waals surface area (Å²) in [5, 5.41) is 0.820. The molecule has 0 aliphatic heterocycles. The first kappa shape index (κ1) is 18.9. The van der Waals surface area contributed by atoms with Gasteiger partial charge in [0.1, 0.15) is 6.54 Å². The molecular formula is C15H12Cl3NO4S. The minimum atomic E-state index is -4.03. The zero-order valence-corrected chi connectivity index (χ0v) is 15.5. The molecule has 0 aliphatic carbocycles. The molecule has 5 nitrogen and oxygen atoms in total. The average Bonchev–Trinajstić information content (AvgIpc) is 2.55. The van der Waals surface area contributed by atoms with Crippen molar-refractivity contribution in [2.24, 2.45) is 0 Å². The fourth-order valence-corrected chi connectivity index (χ4v) is 3.69. The van der Waals surface area contributed by atoms with Gasteiger partial charge >= 0.3 is 5.97 Å². The maximum Gasteiger partial charge on any atom is 0.326 e. The number of ether oxygens (including phenoxy) is 1. The van der Waals surface area contributed by atoms with E-state index in [4.69, 9.17) is 34.8 Å². The maximum absolute atomic E-state index is 12.9. The van der Waals surface area contributed by atoms with Crippen LogP contribution in [0.1, 0.15) is 0 Å². The van der Waals surface area contributed by atoms with Gasteiger partial charge in [-0.05, 0) is 42.5 Å². The smallest absolute Gasteiger partial charge is 0.326 e. The Bertz CT molecular complexity index is 854. The summed E-state index contributed by atoms with van der Waals surface area (Å²) in [7, 11) is -2.86. The second-order valence-corrected chi connectivity index (χ2v) is 7.75. The van der Waals surface area contributed by atoms with Crippen molar-refractivity contribution in [3.8, 4) is 0 Å². The zero-order valence-electron chi connectivity index (χ0n) is 12.4. The quantitative estimate of drug-likeness (QED) is 0.701. The number of halogens is 3. The molecule has 0 radical (unpaired) electrons. The Balaban J connectivity index is 2.54. The van der Waals surface area contributed by atoms with Gasteiger partial charge in [0.25, 0.3) is 10.0 Å². The Kier molecular flexibility index (Phi) is 5.98. The first-order chi connectivity index (χ1) is 11.3. The lowest BCUT2D eigenvalue weighted by molar-refractivity contribution is -0.138. The van der Waals surface area contributed by atoms with Crippen LogP contribution in [0.2, 0.25) is 15.1 Å². The van der Waals surface area contributed by atoms with Crippen molar-refractivity contribution in [1.29, 1.82) is 0 Å². The molecule has 0 unspecified atom stereocenters. The number of methoxy groups -OCH3 is 1. The van der Waals surface area contributed by atoms with Crippen LogP contribution in [0, 0.1) is 0 Å². The highest BCUT2D eigenvalue weighted by molar-refractivity contribution is 7.92. The number of sulfonamides is 1. The van der Waals surface area contributed by atoms with Crippen LogP contribution in [0.5, 0.6) is 0 Å². The third kappa shape index (κ3) is 4.13. The average molecular weight is 409 g/mol. The number of anilines is 1. The molecule has 128 valence electrons. The zero-order chi connectivity index (χ0) is 17.9. The molecule has 0 saturated carbocycles. The molecule has 0 fully saturated rings. The van der Waals surface area contributed by atoms with E-state index in [-0.39, 0.29) is 20.6 Å². The lowest BCUT2D eigenvalue weighted by Crippen LogP contribution is -2.36. The Morgan fingerprint density at radius 3 is 2.21 bits per heavy atom. The first-order valence-electron chi connectivity index (χ1n) is 6.56. The summed E-state index contributed by atoms with van der Waals surface area (Å²) in [4.78, 5) is 11.6. The third-order valence-corrected chi connectivity index (χ3v) is 5.87. The molecule has 2 aromatic rings. The molecule has 24 heavy (non-hydrogen) atoms. The van der Waals surface area contributed by atoms with Gasteiger partial charge in [-0.3, -0.25) is 9.10 Å². The van der Waals surface area contributed by atoms with E-state index in [1.165, 1.54) is 49.6 Å². The number of rotatable bonds is 5. The third-order valence-electron chi connectivity index (χ3n) is 3.09. The number of hydrogen-bond acceptors (Lipinski definition) is 4. The topological polar surface area (TPSA) is 63.7 Å². The molecule has 0 atom stereocenters. The summed E-state index contributed by atoms with van der Waals surface area (Å²) in [6, 6.07) is 9.84. The van der Waals surface area contributed by atoms with E-state index in [9.17, 15) is 13.2 Å². The molecule has 0 spiro atoms.